The molecule has 1 aromatic rings. The van der Waals surface area contributed by atoms with Crippen molar-refractivity contribution in [2.45, 2.75) is 25.6 Å². The highest BCUT2D eigenvalue weighted by atomic mass is 79.9. The first kappa shape index (κ1) is 14.9. The van der Waals surface area contributed by atoms with Gasteiger partial charge in [0, 0.05) is 10.5 Å². The maximum absolute atomic E-state index is 12.8. The lowest BCUT2D eigenvalue weighted by Gasteiger charge is -2.16. The molecule has 0 bridgehead atoms. The maximum atomic E-state index is 12.8. The van der Waals surface area contributed by atoms with Crippen LogP contribution in [-0.2, 0) is 0 Å². The second-order valence-electron chi connectivity index (χ2n) is 3.82. The molecule has 1 rings (SSSR count). The van der Waals surface area contributed by atoms with Crippen LogP contribution < -0.4 is 5.32 Å². The highest BCUT2D eigenvalue weighted by molar-refractivity contribution is 9.10. The molecule has 100 valence electrons. The molecule has 0 radical (unpaired) electrons. The minimum absolute atomic E-state index is 0.0884. The molecule has 1 amide bonds. The molecule has 1 N–H and O–H groups in total. The molecule has 0 heterocycles. The third-order valence-electron chi connectivity index (χ3n) is 2.09. The average molecular weight is 328 g/mol. The van der Waals surface area contributed by atoms with Crippen LogP contribution in [-0.4, -0.2) is 18.1 Å². The summed E-state index contributed by atoms with van der Waals surface area (Å²) in [6, 6.07) is 2.29. The van der Waals surface area contributed by atoms with Gasteiger partial charge in [-0.15, -0.1) is 0 Å². The Balaban J connectivity index is 2.71. The van der Waals surface area contributed by atoms with E-state index in [1.54, 1.807) is 0 Å². The van der Waals surface area contributed by atoms with E-state index in [1.807, 2.05) is 0 Å². The van der Waals surface area contributed by atoms with Crippen molar-refractivity contribution < 1.29 is 22.4 Å². The fourth-order valence-electron chi connectivity index (χ4n) is 1.37. The van der Waals surface area contributed by atoms with Crippen LogP contribution in [0.25, 0.3) is 0 Å². The average Bonchev–Trinajstić information content (AvgIpc) is 2.13. The normalized spacial score (nSPS) is 13.2. The molecule has 1 aromatic carbocycles. The Morgan fingerprint density at radius 3 is 2.56 bits per heavy atom. The molecule has 7 heteroatoms. The monoisotopic (exact) mass is 327 g/mol. The van der Waals surface area contributed by atoms with Gasteiger partial charge in [0.1, 0.15) is 5.82 Å². The number of benzene rings is 1. The summed E-state index contributed by atoms with van der Waals surface area (Å²) >= 11 is 2.98. The minimum atomic E-state index is -4.34. The first-order chi connectivity index (χ1) is 8.19. The maximum Gasteiger partial charge on any atom is 0.391 e. The van der Waals surface area contributed by atoms with E-state index in [1.165, 1.54) is 13.0 Å². The number of hydrogen-bond donors (Lipinski definition) is 1. The molecular formula is C11H10BrF4NO. The zero-order valence-corrected chi connectivity index (χ0v) is 10.9. The SMILES string of the molecule is CC(CC(F)(F)F)NC(=O)c1ccc(F)cc1Br. The zero-order chi connectivity index (χ0) is 13.9. The van der Waals surface area contributed by atoms with Crippen LogP contribution in [0.5, 0.6) is 0 Å². The molecule has 0 aliphatic carbocycles. The van der Waals surface area contributed by atoms with Gasteiger partial charge in [0.2, 0.25) is 0 Å². The predicted octanol–water partition coefficient (Wildman–Crippen LogP) is 3.66. The summed E-state index contributed by atoms with van der Waals surface area (Å²) in [5, 5.41) is 2.20. The molecule has 0 aliphatic rings. The minimum Gasteiger partial charge on any atom is -0.349 e. The van der Waals surface area contributed by atoms with E-state index in [0.717, 1.165) is 12.1 Å². The van der Waals surface area contributed by atoms with E-state index < -0.39 is 30.4 Å². The van der Waals surface area contributed by atoms with Crippen LogP contribution in [0.3, 0.4) is 0 Å². The molecule has 0 spiro atoms. The van der Waals surface area contributed by atoms with Crippen molar-refractivity contribution in [1.82, 2.24) is 5.32 Å². The van der Waals surface area contributed by atoms with Crippen molar-refractivity contribution in [2.24, 2.45) is 0 Å². The topological polar surface area (TPSA) is 29.1 Å². The number of halogens is 5. The number of hydrogen-bond acceptors (Lipinski definition) is 1. The van der Waals surface area contributed by atoms with Crippen LogP contribution in [0.2, 0.25) is 0 Å². The van der Waals surface area contributed by atoms with E-state index >= 15 is 0 Å². The van der Waals surface area contributed by atoms with E-state index in [-0.39, 0.29) is 10.0 Å². The van der Waals surface area contributed by atoms with Crippen molar-refractivity contribution in [3.63, 3.8) is 0 Å². The summed E-state index contributed by atoms with van der Waals surface area (Å²) < 4.78 is 49.2. The van der Waals surface area contributed by atoms with Crippen molar-refractivity contribution in [3.05, 3.63) is 34.1 Å². The van der Waals surface area contributed by atoms with Gasteiger partial charge in [-0.05, 0) is 41.1 Å². The summed E-state index contributed by atoms with van der Waals surface area (Å²) in [5.74, 6) is -1.22. The van der Waals surface area contributed by atoms with E-state index in [9.17, 15) is 22.4 Å². The van der Waals surface area contributed by atoms with Gasteiger partial charge in [-0.1, -0.05) is 0 Å². The second-order valence-corrected chi connectivity index (χ2v) is 4.67. The molecule has 0 saturated carbocycles. The lowest BCUT2D eigenvalue weighted by molar-refractivity contribution is -0.138. The Hall–Kier alpha value is -1.11. The van der Waals surface area contributed by atoms with Crippen molar-refractivity contribution in [2.75, 3.05) is 0 Å². The first-order valence-corrected chi connectivity index (χ1v) is 5.81. The Labute approximate surface area is 109 Å². The number of nitrogens with one attached hydrogen (secondary N) is 1. The number of rotatable bonds is 3. The molecule has 0 saturated heterocycles. The van der Waals surface area contributed by atoms with Crippen molar-refractivity contribution >= 4 is 21.8 Å². The van der Waals surface area contributed by atoms with Gasteiger partial charge in [0.15, 0.2) is 0 Å². The number of alkyl halides is 3. The lowest BCUT2D eigenvalue weighted by Crippen LogP contribution is -2.36. The number of carbonyl (C=O) groups excluding carboxylic acids is 1. The molecule has 1 atom stereocenters. The molecule has 0 fully saturated rings. The summed E-state index contributed by atoms with van der Waals surface area (Å²) in [4.78, 5) is 11.6. The number of carbonyl (C=O) groups is 1. The fourth-order valence-corrected chi connectivity index (χ4v) is 1.90. The van der Waals surface area contributed by atoms with Gasteiger partial charge >= 0.3 is 6.18 Å². The summed E-state index contributed by atoms with van der Waals surface area (Å²) in [7, 11) is 0. The third-order valence-corrected chi connectivity index (χ3v) is 2.75. The van der Waals surface area contributed by atoms with E-state index in [2.05, 4.69) is 21.2 Å². The standard InChI is InChI=1S/C11H10BrF4NO/c1-6(5-11(14,15)16)17-10(18)8-3-2-7(13)4-9(8)12/h2-4,6H,5H2,1H3,(H,17,18). The van der Waals surface area contributed by atoms with Crippen molar-refractivity contribution in [1.29, 1.82) is 0 Å². The van der Waals surface area contributed by atoms with Crippen LogP contribution in [0, 0.1) is 5.82 Å². The smallest absolute Gasteiger partial charge is 0.349 e. The predicted molar refractivity (Wildman–Crippen MR) is 61.7 cm³/mol. The quantitative estimate of drug-likeness (QED) is 0.843. The van der Waals surface area contributed by atoms with Crippen LogP contribution in [0.1, 0.15) is 23.7 Å². The Kier molecular flexibility index (Phi) is 4.72. The largest absolute Gasteiger partial charge is 0.391 e. The van der Waals surface area contributed by atoms with Crippen LogP contribution in [0.4, 0.5) is 17.6 Å². The van der Waals surface area contributed by atoms with Crippen LogP contribution >= 0.6 is 15.9 Å². The van der Waals surface area contributed by atoms with Gasteiger partial charge in [-0.25, -0.2) is 4.39 Å². The van der Waals surface area contributed by atoms with Gasteiger partial charge in [0.25, 0.3) is 5.91 Å². The molecule has 2 nitrogen and oxygen atoms in total. The van der Waals surface area contributed by atoms with E-state index in [4.69, 9.17) is 0 Å². The second kappa shape index (κ2) is 5.69. The number of amides is 1. The first-order valence-electron chi connectivity index (χ1n) is 5.01. The highest BCUT2D eigenvalue weighted by Gasteiger charge is 2.30. The molecular weight excluding hydrogens is 318 g/mol. The van der Waals surface area contributed by atoms with Gasteiger partial charge in [-0.2, -0.15) is 13.2 Å². The van der Waals surface area contributed by atoms with E-state index in [0.29, 0.717) is 0 Å². The zero-order valence-electron chi connectivity index (χ0n) is 9.31. The van der Waals surface area contributed by atoms with Gasteiger partial charge < -0.3 is 5.32 Å². The fraction of sp³-hybridized carbons (Fsp3) is 0.364. The van der Waals surface area contributed by atoms with Crippen molar-refractivity contribution in [3.8, 4) is 0 Å². The van der Waals surface area contributed by atoms with Crippen LogP contribution in [0.15, 0.2) is 22.7 Å². The molecule has 0 aliphatic heterocycles. The summed E-state index contributed by atoms with van der Waals surface area (Å²) in [6.07, 6.45) is -5.45. The molecule has 1 unspecified atom stereocenters. The highest BCUT2D eigenvalue weighted by Crippen LogP contribution is 2.22. The molecule has 18 heavy (non-hydrogen) atoms. The Bertz CT molecular complexity index is 447. The summed E-state index contributed by atoms with van der Waals surface area (Å²) in [6.45, 7) is 1.25. The third kappa shape index (κ3) is 4.64. The lowest BCUT2D eigenvalue weighted by atomic mass is 10.1. The Morgan fingerprint density at radius 2 is 2.06 bits per heavy atom. The van der Waals surface area contributed by atoms with Gasteiger partial charge in [-0.3, -0.25) is 4.79 Å². The Morgan fingerprint density at radius 1 is 1.44 bits per heavy atom. The van der Waals surface area contributed by atoms with Gasteiger partial charge in [0.05, 0.1) is 12.0 Å². The summed E-state index contributed by atoms with van der Waals surface area (Å²) in [5.41, 5.74) is 0.0884. The molecule has 0 aromatic heterocycles.